The van der Waals surface area contributed by atoms with Crippen molar-refractivity contribution < 1.29 is 29.0 Å². The molecule has 0 aliphatic carbocycles. The van der Waals surface area contributed by atoms with Gasteiger partial charge < -0.3 is 19.5 Å². The molecule has 2 aliphatic heterocycles. The molecule has 8 nitrogen and oxygen atoms in total. The molecule has 0 bridgehead atoms. The maximum absolute atomic E-state index is 14.0. The topological polar surface area (TPSA) is 106 Å². The number of carbonyl (C=O) groups is 3. The average molecular weight is 585 g/mol. The molecule has 0 unspecified atom stereocenters. The summed E-state index contributed by atoms with van der Waals surface area (Å²) in [6.45, 7) is 11.1. The number of carboxylic acid groups (broad SMARTS) is 1. The maximum Gasteiger partial charge on any atom is 0.326 e. The van der Waals surface area contributed by atoms with Crippen LogP contribution in [0.5, 0.6) is 5.75 Å². The number of carbonyl (C=O) groups excluding carboxylic acids is 2. The monoisotopic (exact) mass is 584 g/mol. The third-order valence-corrected chi connectivity index (χ3v) is 8.17. The molecule has 3 heterocycles. The lowest BCUT2D eigenvalue weighted by molar-refractivity contribution is -0.159. The normalized spacial score (nSPS) is 20.9. The molecule has 3 atom stereocenters. The van der Waals surface area contributed by atoms with Crippen molar-refractivity contribution in [2.45, 2.75) is 103 Å². The number of aliphatic carboxylic acids is 1. The average Bonchev–Trinajstić information content (AvgIpc) is 3.26. The molecule has 2 aromatic rings. The highest BCUT2D eigenvalue weighted by atomic mass is 35.5. The second kappa shape index (κ2) is 12.4. The highest BCUT2D eigenvalue weighted by molar-refractivity contribution is 6.31. The summed E-state index contributed by atoms with van der Waals surface area (Å²) < 4.78 is 12.1. The predicted octanol–water partition coefficient (Wildman–Crippen LogP) is 6.43. The van der Waals surface area contributed by atoms with Crippen molar-refractivity contribution in [2.75, 3.05) is 6.54 Å². The van der Waals surface area contributed by atoms with Gasteiger partial charge in [-0.1, -0.05) is 30.5 Å². The number of aromatic nitrogens is 1. The number of rotatable bonds is 10. The number of unbranched alkanes of at least 4 members (excludes halogenated alkanes) is 3. The summed E-state index contributed by atoms with van der Waals surface area (Å²) in [6, 6.07) is 4.52. The van der Waals surface area contributed by atoms with Crippen molar-refractivity contribution in [1.82, 2.24) is 9.88 Å². The first kappa shape index (κ1) is 30.8. The minimum Gasteiger partial charge on any atom is -0.483 e. The molecule has 2 aliphatic rings. The van der Waals surface area contributed by atoms with E-state index in [1.165, 1.54) is 4.90 Å². The van der Waals surface area contributed by atoms with E-state index in [4.69, 9.17) is 26.1 Å². The highest BCUT2D eigenvalue weighted by Gasteiger charge is 2.53. The summed E-state index contributed by atoms with van der Waals surface area (Å²) in [4.78, 5) is 45.3. The third-order valence-electron chi connectivity index (χ3n) is 7.94. The molecule has 41 heavy (non-hydrogen) atoms. The fourth-order valence-corrected chi connectivity index (χ4v) is 6.24. The van der Waals surface area contributed by atoms with Crippen LogP contribution in [-0.4, -0.2) is 56.6 Å². The number of amides is 1. The molecule has 0 saturated carbocycles. The molecule has 1 N–H and O–H groups in total. The lowest BCUT2D eigenvalue weighted by atomic mass is 9.87. The van der Waals surface area contributed by atoms with E-state index in [2.05, 4.69) is 6.58 Å². The van der Waals surface area contributed by atoms with Gasteiger partial charge in [0.2, 0.25) is 5.91 Å². The number of fused-ring (bicyclic) bond motifs is 3. The van der Waals surface area contributed by atoms with Gasteiger partial charge in [-0.2, -0.15) is 0 Å². The van der Waals surface area contributed by atoms with Crippen LogP contribution < -0.4 is 4.74 Å². The number of ether oxygens (including phenoxy) is 2. The molecule has 1 amide bonds. The van der Waals surface area contributed by atoms with E-state index in [0.29, 0.717) is 35.7 Å². The number of aryl methyl sites for hydroxylation is 2. The van der Waals surface area contributed by atoms with Crippen LogP contribution in [0.4, 0.5) is 0 Å². The van der Waals surface area contributed by atoms with Gasteiger partial charge >= 0.3 is 11.9 Å². The molecular formula is C32H41ClN2O6. The van der Waals surface area contributed by atoms with Crippen LogP contribution in [0.15, 0.2) is 30.9 Å². The van der Waals surface area contributed by atoms with Gasteiger partial charge in [0.1, 0.15) is 23.0 Å². The van der Waals surface area contributed by atoms with E-state index in [9.17, 15) is 19.5 Å². The maximum atomic E-state index is 14.0. The Balaban J connectivity index is 1.58. The summed E-state index contributed by atoms with van der Waals surface area (Å²) in [6.07, 6.45) is 7.08. The van der Waals surface area contributed by atoms with E-state index >= 15 is 0 Å². The Kier molecular flexibility index (Phi) is 9.32. The Bertz CT molecular complexity index is 1340. The van der Waals surface area contributed by atoms with Crippen LogP contribution in [0, 0.1) is 12.8 Å². The quantitative estimate of drug-likeness (QED) is 0.195. The summed E-state index contributed by atoms with van der Waals surface area (Å²) in [7, 11) is 0. The standard InChI is InChI=1S/C32H41ClN2O6/c1-6-7-8-9-10-11-21(16-27(36)40-31(3,4)5)29(37)35-19-32(18-26(35)30(38)39)15-14-23-24-17-22(33)12-13-25(24)34-20(2)28(23)41-32/h6,12-13,17,21,26H,1,7-11,14-16,18-19H2,2-5H3,(H,38,39)/t21-,26+,32-/m1/s1. The fraction of sp³-hybridized carbons (Fsp3) is 0.562. The Hall–Kier alpha value is -3.13. The lowest BCUT2D eigenvalue weighted by Gasteiger charge is -2.36. The van der Waals surface area contributed by atoms with Gasteiger partial charge in [0, 0.05) is 28.3 Å². The van der Waals surface area contributed by atoms with Gasteiger partial charge in [0.05, 0.1) is 24.2 Å². The Morgan fingerprint density at radius 1 is 1.29 bits per heavy atom. The number of hydrogen-bond acceptors (Lipinski definition) is 6. The van der Waals surface area contributed by atoms with Crippen molar-refractivity contribution in [2.24, 2.45) is 5.92 Å². The first-order valence-corrected chi connectivity index (χ1v) is 14.8. The van der Waals surface area contributed by atoms with Crippen molar-refractivity contribution >= 4 is 40.3 Å². The molecule has 1 saturated heterocycles. The van der Waals surface area contributed by atoms with Crippen molar-refractivity contribution in [3.63, 3.8) is 0 Å². The number of esters is 1. The second-order valence-corrected chi connectivity index (χ2v) is 12.8. The van der Waals surface area contributed by atoms with Crippen LogP contribution in [0.3, 0.4) is 0 Å². The second-order valence-electron chi connectivity index (χ2n) is 12.4. The molecule has 1 aromatic heterocycles. The molecule has 0 radical (unpaired) electrons. The van der Waals surface area contributed by atoms with E-state index < -0.39 is 35.1 Å². The van der Waals surface area contributed by atoms with Gasteiger partial charge in [-0.3, -0.25) is 9.59 Å². The molecule has 1 fully saturated rings. The van der Waals surface area contributed by atoms with Crippen molar-refractivity contribution in [1.29, 1.82) is 0 Å². The van der Waals surface area contributed by atoms with Crippen LogP contribution in [0.1, 0.15) is 83.4 Å². The Morgan fingerprint density at radius 3 is 2.73 bits per heavy atom. The predicted molar refractivity (Wildman–Crippen MR) is 158 cm³/mol. The number of carboxylic acids is 1. The largest absolute Gasteiger partial charge is 0.483 e. The number of hydrogen-bond donors (Lipinski definition) is 1. The summed E-state index contributed by atoms with van der Waals surface area (Å²) in [5.41, 5.74) is 1.01. The van der Waals surface area contributed by atoms with Crippen molar-refractivity contribution in [3.05, 3.63) is 47.1 Å². The molecular weight excluding hydrogens is 544 g/mol. The van der Waals surface area contributed by atoms with Gasteiger partial charge in [0.15, 0.2) is 0 Å². The zero-order valence-corrected chi connectivity index (χ0v) is 25.3. The van der Waals surface area contributed by atoms with E-state index in [0.717, 1.165) is 42.1 Å². The number of benzene rings is 1. The number of halogens is 1. The summed E-state index contributed by atoms with van der Waals surface area (Å²) >= 11 is 6.28. The van der Waals surface area contributed by atoms with Crippen LogP contribution in [0.2, 0.25) is 5.02 Å². The number of pyridine rings is 1. The van der Waals surface area contributed by atoms with E-state index in [1.807, 2.05) is 25.1 Å². The minimum atomic E-state index is -1.08. The SMILES string of the molecule is C=CCCCCC[C@H](CC(=O)OC(C)(C)C)C(=O)N1C[C@@]2(CCc3c(c(C)nc4ccc(Cl)cc34)O2)C[C@H]1C(=O)O. The van der Waals surface area contributed by atoms with Crippen LogP contribution >= 0.6 is 11.6 Å². The van der Waals surface area contributed by atoms with Crippen LogP contribution in [-0.2, 0) is 25.5 Å². The zero-order chi connectivity index (χ0) is 29.9. The van der Waals surface area contributed by atoms with Gasteiger partial charge in [-0.15, -0.1) is 6.58 Å². The van der Waals surface area contributed by atoms with Gasteiger partial charge in [0.25, 0.3) is 0 Å². The summed E-state index contributed by atoms with van der Waals surface area (Å²) in [5, 5.41) is 11.7. The molecule has 1 aromatic carbocycles. The summed E-state index contributed by atoms with van der Waals surface area (Å²) in [5.74, 6) is -1.91. The van der Waals surface area contributed by atoms with E-state index in [-0.39, 0.29) is 25.3 Å². The molecule has 1 spiro atoms. The van der Waals surface area contributed by atoms with Gasteiger partial charge in [-0.05, 0) is 78.0 Å². The number of likely N-dealkylation sites (tertiary alicyclic amines) is 1. The zero-order valence-electron chi connectivity index (χ0n) is 24.5. The first-order valence-electron chi connectivity index (χ1n) is 14.5. The smallest absolute Gasteiger partial charge is 0.326 e. The molecule has 222 valence electrons. The fourth-order valence-electron chi connectivity index (χ4n) is 6.07. The van der Waals surface area contributed by atoms with E-state index in [1.54, 1.807) is 26.8 Å². The third kappa shape index (κ3) is 7.21. The molecule has 9 heteroatoms. The Labute approximate surface area is 247 Å². The first-order chi connectivity index (χ1) is 19.3. The number of nitrogens with zero attached hydrogens (tertiary/aromatic N) is 2. The minimum absolute atomic E-state index is 0.0904. The highest BCUT2D eigenvalue weighted by Crippen LogP contribution is 2.45. The number of allylic oxidation sites excluding steroid dienone is 1. The van der Waals surface area contributed by atoms with Gasteiger partial charge in [-0.25, -0.2) is 9.78 Å². The lowest BCUT2D eigenvalue weighted by Crippen LogP contribution is -2.46. The van der Waals surface area contributed by atoms with Crippen LogP contribution in [0.25, 0.3) is 10.9 Å². The molecule has 4 rings (SSSR count). The van der Waals surface area contributed by atoms with Crippen molar-refractivity contribution in [3.8, 4) is 5.75 Å². The Morgan fingerprint density at radius 2 is 2.05 bits per heavy atom.